The lowest BCUT2D eigenvalue weighted by atomic mass is 10.6. The second kappa shape index (κ2) is 9.84. The van der Waals surface area contributed by atoms with Gasteiger partial charge in [0.2, 0.25) is 0 Å². The molecule has 0 saturated carbocycles. The molecular weight excluding hydrogens is 171 g/mol. The summed E-state index contributed by atoms with van der Waals surface area (Å²) in [6.45, 7) is 6.32. The molecule has 1 heteroatoms. The Kier molecular flexibility index (Phi) is 9.65. The van der Waals surface area contributed by atoms with Crippen LogP contribution in [0.4, 0.5) is 0 Å². The van der Waals surface area contributed by atoms with Crippen molar-refractivity contribution in [1.29, 1.82) is 0 Å². The fraction of sp³-hybridized carbons (Fsp3) is 0.500. The van der Waals surface area contributed by atoms with Gasteiger partial charge in [-0.3, -0.25) is 0 Å². The lowest BCUT2D eigenvalue weighted by molar-refractivity contribution is 1.41. The van der Waals surface area contributed by atoms with Crippen LogP contribution in [0.15, 0.2) is 36.5 Å². The first kappa shape index (κ1) is 12.8. The molecular formula is C12H21Al. The highest BCUT2D eigenvalue weighted by Crippen LogP contribution is 2.08. The lowest BCUT2D eigenvalue weighted by Crippen LogP contribution is -2.07. The van der Waals surface area contributed by atoms with Crippen LogP contribution in [0.3, 0.4) is 0 Å². The Balaban J connectivity index is 3.86. The fourth-order valence-corrected chi connectivity index (χ4v) is 3.82. The summed E-state index contributed by atoms with van der Waals surface area (Å²) in [4.78, 5) is 0. The van der Waals surface area contributed by atoms with Crippen LogP contribution >= 0.6 is 0 Å². The van der Waals surface area contributed by atoms with Crippen molar-refractivity contribution in [2.24, 2.45) is 0 Å². The van der Waals surface area contributed by atoms with E-state index in [4.69, 9.17) is 0 Å². The van der Waals surface area contributed by atoms with E-state index in [-0.39, 0.29) is 0 Å². The molecule has 0 aromatic carbocycles. The third kappa shape index (κ3) is 8.09. The van der Waals surface area contributed by atoms with Crippen molar-refractivity contribution in [2.75, 3.05) is 0 Å². The van der Waals surface area contributed by atoms with Crippen molar-refractivity contribution in [2.45, 2.75) is 36.6 Å². The van der Waals surface area contributed by atoms with Gasteiger partial charge in [0.15, 0.2) is 0 Å². The van der Waals surface area contributed by atoms with Gasteiger partial charge in [0, 0.05) is 0 Å². The largest absolute Gasteiger partial charge is 0.274 e. The molecule has 0 amide bonds. The Morgan fingerprint density at radius 2 is 1.00 bits per heavy atom. The first-order valence-electron chi connectivity index (χ1n) is 5.18. The third-order valence-corrected chi connectivity index (χ3v) is 4.93. The van der Waals surface area contributed by atoms with Gasteiger partial charge in [0.25, 0.3) is 14.1 Å². The van der Waals surface area contributed by atoms with E-state index in [1.54, 1.807) is 0 Å². The molecule has 0 aromatic heterocycles. The maximum Gasteiger partial charge on any atom is 0.274 e. The first-order valence-corrected chi connectivity index (χ1v) is 7.63. The number of hydrogen-bond acceptors (Lipinski definition) is 0. The molecule has 0 fully saturated rings. The SMILES string of the molecule is C/C=C/[CH2][Al]([CH2]/C=C/C)[CH2]/C=C/C. The van der Waals surface area contributed by atoms with Crippen LogP contribution in [0.2, 0.25) is 15.8 Å². The molecule has 0 aliphatic carbocycles. The molecule has 0 radical (unpaired) electrons. The maximum atomic E-state index is 2.32. The van der Waals surface area contributed by atoms with E-state index in [0.717, 1.165) is 0 Å². The van der Waals surface area contributed by atoms with Crippen LogP contribution in [0.1, 0.15) is 20.8 Å². The molecule has 0 nitrogen and oxygen atoms in total. The molecule has 0 aliphatic rings. The van der Waals surface area contributed by atoms with Gasteiger partial charge < -0.3 is 0 Å². The van der Waals surface area contributed by atoms with E-state index in [2.05, 4.69) is 57.2 Å². The van der Waals surface area contributed by atoms with Crippen LogP contribution in [0.25, 0.3) is 0 Å². The van der Waals surface area contributed by atoms with Crippen molar-refractivity contribution >= 4 is 14.1 Å². The standard InChI is InChI=1S/3C4H7.Al/c3*1-3-4-2;/h3*3-4H,1H2,2H3;/b3*4-3+;. The van der Waals surface area contributed by atoms with E-state index >= 15 is 0 Å². The minimum atomic E-state index is -0.547. The van der Waals surface area contributed by atoms with Crippen LogP contribution in [-0.2, 0) is 0 Å². The normalized spacial score (nSPS) is 12.2. The minimum Gasteiger partial charge on any atom is -0.102 e. The average molecular weight is 192 g/mol. The van der Waals surface area contributed by atoms with Crippen LogP contribution < -0.4 is 0 Å². The van der Waals surface area contributed by atoms with Crippen molar-refractivity contribution in [3.8, 4) is 0 Å². The monoisotopic (exact) mass is 192 g/mol. The summed E-state index contributed by atoms with van der Waals surface area (Å²) in [5, 5.41) is 4.02. The summed E-state index contributed by atoms with van der Waals surface area (Å²) in [6.07, 6.45) is 13.5. The highest BCUT2D eigenvalue weighted by atomic mass is 27.2. The molecule has 0 aliphatic heterocycles. The summed E-state index contributed by atoms with van der Waals surface area (Å²) in [7, 11) is 0. The second-order valence-corrected chi connectivity index (χ2v) is 6.43. The molecule has 0 saturated heterocycles. The summed E-state index contributed by atoms with van der Waals surface area (Å²) in [5.41, 5.74) is 0. The molecule has 0 spiro atoms. The van der Waals surface area contributed by atoms with E-state index < -0.39 is 14.1 Å². The van der Waals surface area contributed by atoms with E-state index in [9.17, 15) is 0 Å². The third-order valence-electron chi connectivity index (χ3n) is 2.12. The molecule has 0 aromatic rings. The van der Waals surface area contributed by atoms with Crippen molar-refractivity contribution in [3.05, 3.63) is 36.5 Å². The van der Waals surface area contributed by atoms with E-state index in [1.165, 1.54) is 15.8 Å². The molecule has 0 N–H and O–H groups in total. The molecule has 0 heterocycles. The summed E-state index contributed by atoms with van der Waals surface area (Å²) in [6, 6.07) is 0. The van der Waals surface area contributed by atoms with Crippen LogP contribution in [0.5, 0.6) is 0 Å². The summed E-state index contributed by atoms with van der Waals surface area (Å²) in [5.74, 6) is 0. The fourth-order valence-electron chi connectivity index (χ4n) is 1.27. The zero-order valence-electron chi connectivity index (χ0n) is 9.16. The van der Waals surface area contributed by atoms with Gasteiger partial charge in [-0.05, 0) is 20.8 Å². The Morgan fingerprint density at radius 1 is 0.692 bits per heavy atom. The number of allylic oxidation sites excluding steroid dienone is 6. The summed E-state index contributed by atoms with van der Waals surface area (Å²) < 4.78 is 0. The zero-order valence-corrected chi connectivity index (χ0v) is 10.3. The Hall–Kier alpha value is -0.248. The van der Waals surface area contributed by atoms with Crippen molar-refractivity contribution < 1.29 is 0 Å². The highest BCUT2D eigenvalue weighted by Gasteiger charge is 2.10. The van der Waals surface area contributed by atoms with Gasteiger partial charge in [0.1, 0.15) is 0 Å². The molecule has 0 atom stereocenters. The molecule has 72 valence electrons. The second-order valence-electron chi connectivity index (χ2n) is 3.28. The van der Waals surface area contributed by atoms with Crippen LogP contribution in [0, 0.1) is 0 Å². The lowest BCUT2D eigenvalue weighted by Gasteiger charge is -2.02. The minimum absolute atomic E-state index is 0.547. The Bertz CT molecular complexity index is 144. The van der Waals surface area contributed by atoms with E-state index in [0.29, 0.717) is 0 Å². The van der Waals surface area contributed by atoms with Gasteiger partial charge in [-0.2, -0.15) is 0 Å². The van der Waals surface area contributed by atoms with Gasteiger partial charge in [-0.25, -0.2) is 0 Å². The van der Waals surface area contributed by atoms with Gasteiger partial charge in [0.05, 0.1) is 0 Å². The zero-order chi connectivity index (χ0) is 9.94. The van der Waals surface area contributed by atoms with Crippen molar-refractivity contribution in [3.63, 3.8) is 0 Å². The van der Waals surface area contributed by atoms with Gasteiger partial charge in [-0.15, -0.1) is 18.2 Å². The average Bonchev–Trinajstić information content (AvgIpc) is 2.17. The Morgan fingerprint density at radius 3 is 1.23 bits per heavy atom. The number of rotatable bonds is 6. The highest BCUT2D eigenvalue weighted by molar-refractivity contribution is 6.60. The predicted molar refractivity (Wildman–Crippen MR) is 64.6 cm³/mol. The smallest absolute Gasteiger partial charge is 0.102 e. The van der Waals surface area contributed by atoms with Gasteiger partial charge in [-0.1, -0.05) is 34.1 Å². The molecule has 0 rings (SSSR count). The van der Waals surface area contributed by atoms with Crippen molar-refractivity contribution in [1.82, 2.24) is 0 Å². The topological polar surface area (TPSA) is 0 Å². The molecule has 0 bridgehead atoms. The van der Waals surface area contributed by atoms with Crippen LogP contribution in [-0.4, -0.2) is 14.1 Å². The predicted octanol–water partition coefficient (Wildman–Crippen LogP) is 4.21. The number of hydrogen-bond donors (Lipinski definition) is 0. The molecule has 0 unspecified atom stereocenters. The Labute approximate surface area is 87.4 Å². The maximum absolute atomic E-state index is 2.32. The van der Waals surface area contributed by atoms with Gasteiger partial charge >= 0.3 is 0 Å². The first-order chi connectivity index (χ1) is 6.35. The summed E-state index contributed by atoms with van der Waals surface area (Å²) >= 11 is -0.547. The molecule has 13 heavy (non-hydrogen) atoms. The quantitative estimate of drug-likeness (QED) is 0.437. The van der Waals surface area contributed by atoms with E-state index in [1.807, 2.05) is 0 Å².